The second-order valence-corrected chi connectivity index (χ2v) is 5.68. The number of rotatable bonds is 6. The van der Waals surface area contributed by atoms with Crippen LogP contribution in [0.25, 0.3) is 0 Å². The molecule has 3 rings (SSSR count). The van der Waals surface area contributed by atoms with E-state index in [2.05, 4.69) is 30.2 Å². The Morgan fingerprint density at radius 2 is 2.21 bits per heavy atom. The summed E-state index contributed by atoms with van der Waals surface area (Å²) in [6.07, 6.45) is 6.11. The minimum Gasteiger partial charge on any atom is -0.380 e. The van der Waals surface area contributed by atoms with Gasteiger partial charge in [0.2, 0.25) is 0 Å². The molecule has 2 aromatic rings. The van der Waals surface area contributed by atoms with Gasteiger partial charge in [-0.2, -0.15) is 0 Å². The van der Waals surface area contributed by atoms with Crippen molar-refractivity contribution in [3.8, 4) is 0 Å². The molecule has 1 saturated heterocycles. The molecule has 2 atom stereocenters. The molecular weight excluding hydrogens is 311 g/mol. The molecule has 0 spiro atoms. The second kappa shape index (κ2) is 7.48. The quantitative estimate of drug-likeness (QED) is 0.862. The van der Waals surface area contributed by atoms with Gasteiger partial charge in [-0.25, -0.2) is 24.3 Å². The first-order valence-electron chi connectivity index (χ1n) is 8.01. The summed E-state index contributed by atoms with van der Waals surface area (Å²) in [4.78, 5) is 18.4. The Labute approximate surface area is 140 Å². The zero-order valence-corrected chi connectivity index (χ0v) is 13.8. The summed E-state index contributed by atoms with van der Waals surface area (Å²) in [5.41, 5.74) is 0.418. The van der Waals surface area contributed by atoms with Gasteiger partial charge in [0.25, 0.3) is 0 Å². The third-order valence-electron chi connectivity index (χ3n) is 4.27. The van der Waals surface area contributed by atoms with Gasteiger partial charge in [0, 0.05) is 26.4 Å². The monoisotopic (exact) mass is 332 g/mol. The van der Waals surface area contributed by atoms with Gasteiger partial charge in [0.1, 0.15) is 18.5 Å². The summed E-state index contributed by atoms with van der Waals surface area (Å²) in [6, 6.07) is 2.00. The number of hydrogen-bond acceptors (Lipinski definition) is 7. The Hall–Kier alpha value is -2.35. The van der Waals surface area contributed by atoms with Crippen LogP contribution in [0.1, 0.15) is 19.0 Å². The Morgan fingerprint density at radius 1 is 1.33 bits per heavy atom. The van der Waals surface area contributed by atoms with Crippen molar-refractivity contribution in [2.75, 3.05) is 30.4 Å². The highest BCUT2D eigenvalue weighted by Gasteiger charge is 2.33. The highest BCUT2D eigenvalue weighted by atomic mass is 19.1. The van der Waals surface area contributed by atoms with Crippen LogP contribution in [0, 0.1) is 5.82 Å². The highest BCUT2D eigenvalue weighted by Crippen LogP contribution is 2.25. The third kappa shape index (κ3) is 3.43. The Kier molecular flexibility index (Phi) is 5.14. The predicted octanol–water partition coefficient (Wildman–Crippen LogP) is 1.67. The number of methoxy groups -OCH3 is 1. The van der Waals surface area contributed by atoms with E-state index in [1.807, 2.05) is 13.0 Å². The molecule has 1 aliphatic heterocycles. The average molecular weight is 332 g/mol. The standard InChI is InChI=1S/C16H21FN6O/c1-3-13-15(17)16(22-10-20-13)19-7-11-6-12(24-2)8-23(11)14-4-5-18-9-21-14/h4-5,9-12H,3,6-8H2,1-2H3,(H,19,20,22)/t11-,12-/m1/s1. The van der Waals surface area contributed by atoms with Crippen LogP contribution in [-0.4, -0.2) is 52.3 Å². The lowest BCUT2D eigenvalue weighted by Crippen LogP contribution is -2.36. The van der Waals surface area contributed by atoms with E-state index in [1.54, 1.807) is 13.3 Å². The molecule has 1 fully saturated rings. The molecule has 0 saturated carbocycles. The molecule has 0 aliphatic carbocycles. The number of ether oxygens (including phenoxy) is 1. The molecule has 24 heavy (non-hydrogen) atoms. The maximum absolute atomic E-state index is 14.3. The van der Waals surface area contributed by atoms with Crippen molar-refractivity contribution in [2.24, 2.45) is 0 Å². The van der Waals surface area contributed by atoms with Crippen molar-refractivity contribution < 1.29 is 9.13 Å². The molecule has 1 N–H and O–H groups in total. The lowest BCUT2D eigenvalue weighted by molar-refractivity contribution is 0.118. The largest absolute Gasteiger partial charge is 0.380 e. The van der Waals surface area contributed by atoms with Crippen molar-refractivity contribution in [3.63, 3.8) is 0 Å². The number of nitrogens with one attached hydrogen (secondary N) is 1. The van der Waals surface area contributed by atoms with Gasteiger partial charge >= 0.3 is 0 Å². The van der Waals surface area contributed by atoms with E-state index >= 15 is 0 Å². The number of halogens is 1. The van der Waals surface area contributed by atoms with Crippen LogP contribution in [-0.2, 0) is 11.2 Å². The molecule has 7 nitrogen and oxygen atoms in total. The topological polar surface area (TPSA) is 76.1 Å². The van der Waals surface area contributed by atoms with Gasteiger partial charge in [0.15, 0.2) is 11.6 Å². The van der Waals surface area contributed by atoms with Crippen LogP contribution in [0.5, 0.6) is 0 Å². The summed E-state index contributed by atoms with van der Waals surface area (Å²) in [6.45, 7) is 3.15. The fourth-order valence-electron chi connectivity index (χ4n) is 2.96. The molecule has 0 bridgehead atoms. The van der Waals surface area contributed by atoms with Crippen molar-refractivity contribution in [1.29, 1.82) is 0 Å². The van der Waals surface area contributed by atoms with Crippen molar-refractivity contribution in [1.82, 2.24) is 19.9 Å². The summed E-state index contributed by atoms with van der Waals surface area (Å²) >= 11 is 0. The first-order valence-corrected chi connectivity index (χ1v) is 8.01. The zero-order chi connectivity index (χ0) is 16.9. The van der Waals surface area contributed by atoms with Crippen LogP contribution in [0.2, 0.25) is 0 Å². The molecular formula is C16H21FN6O. The van der Waals surface area contributed by atoms with Crippen LogP contribution in [0.15, 0.2) is 24.9 Å². The van der Waals surface area contributed by atoms with Crippen molar-refractivity contribution >= 4 is 11.6 Å². The van der Waals surface area contributed by atoms with E-state index in [4.69, 9.17) is 4.74 Å². The van der Waals surface area contributed by atoms with Gasteiger partial charge in [-0.05, 0) is 18.9 Å². The van der Waals surface area contributed by atoms with E-state index in [0.717, 1.165) is 18.8 Å². The van der Waals surface area contributed by atoms with Gasteiger partial charge in [0.05, 0.1) is 17.8 Å². The zero-order valence-electron chi connectivity index (χ0n) is 13.8. The van der Waals surface area contributed by atoms with E-state index in [1.165, 1.54) is 12.7 Å². The lowest BCUT2D eigenvalue weighted by Gasteiger charge is -2.25. The number of hydrogen-bond donors (Lipinski definition) is 1. The maximum Gasteiger partial charge on any atom is 0.186 e. The number of anilines is 2. The molecule has 1 aliphatic rings. The van der Waals surface area contributed by atoms with Crippen LogP contribution in [0.4, 0.5) is 16.0 Å². The molecule has 128 valence electrons. The second-order valence-electron chi connectivity index (χ2n) is 5.68. The van der Waals surface area contributed by atoms with Gasteiger partial charge in [-0.1, -0.05) is 6.92 Å². The number of nitrogens with zero attached hydrogens (tertiary/aromatic N) is 5. The van der Waals surface area contributed by atoms with Gasteiger partial charge < -0.3 is 15.0 Å². The predicted molar refractivity (Wildman–Crippen MR) is 88.4 cm³/mol. The average Bonchev–Trinajstić information content (AvgIpc) is 3.05. The van der Waals surface area contributed by atoms with Crippen LogP contribution < -0.4 is 10.2 Å². The van der Waals surface area contributed by atoms with Crippen molar-refractivity contribution in [2.45, 2.75) is 31.9 Å². The number of aryl methyl sites for hydroxylation is 1. The normalized spacial score (nSPS) is 20.4. The summed E-state index contributed by atoms with van der Waals surface area (Å²) in [5.74, 6) is 0.703. The highest BCUT2D eigenvalue weighted by molar-refractivity contribution is 5.43. The lowest BCUT2D eigenvalue weighted by atomic mass is 10.2. The first kappa shape index (κ1) is 16.5. The maximum atomic E-state index is 14.3. The van der Waals surface area contributed by atoms with Gasteiger partial charge in [-0.15, -0.1) is 0 Å². The molecule has 0 radical (unpaired) electrons. The summed E-state index contributed by atoms with van der Waals surface area (Å²) in [7, 11) is 1.70. The smallest absolute Gasteiger partial charge is 0.186 e. The summed E-state index contributed by atoms with van der Waals surface area (Å²) < 4.78 is 19.8. The van der Waals surface area contributed by atoms with E-state index < -0.39 is 0 Å². The molecule has 2 aromatic heterocycles. The molecule has 0 unspecified atom stereocenters. The third-order valence-corrected chi connectivity index (χ3v) is 4.27. The minimum absolute atomic E-state index is 0.119. The first-order chi connectivity index (χ1) is 11.7. The Bertz CT molecular complexity index is 671. The van der Waals surface area contributed by atoms with Crippen LogP contribution in [0.3, 0.4) is 0 Å². The van der Waals surface area contributed by atoms with E-state index in [-0.39, 0.29) is 23.8 Å². The minimum atomic E-state index is -0.380. The molecule has 0 aromatic carbocycles. The van der Waals surface area contributed by atoms with E-state index in [9.17, 15) is 4.39 Å². The number of aromatic nitrogens is 4. The van der Waals surface area contributed by atoms with Gasteiger partial charge in [-0.3, -0.25) is 0 Å². The fraction of sp³-hybridized carbons (Fsp3) is 0.500. The molecule has 3 heterocycles. The Morgan fingerprint density at radius 3 is 2.92 bits per heavy atom. The fourth-order valence-corrected chi connectivity index (χ4v) is 2.96. The molecule has 8 heteroatoms. The molecule has 0 amide bonds. The summed E-state index contributed by atoms with van der Waals surface area (Å²) in [5, 5.41) is 3.11. The van der Waals surface area contributed by atoms with Crippen molar-refractivity contribution in [3.05, 3.63) is 36.4 Å². The Balaban J connectivity index is 1.73. The van der Waals surface area contributed by atoms with E-state index in [0.29, 0.717) is 18.7 Å². The van der Waals surface area contributed by atoms with Crippen LogP contribution >= 0.6 is 0 Å². The SMILES string of the molecule is CCc1ncnc(NC[C@H]2C[C@@H](OC)CN2c2ccncn2)c1F.